The van der Waals surface area contributed by atoms with E-state index in [1.807, 2.05) is 37.8 Å². The summed E-state index contributed by atoms with van der Waals surface area (Å²) in [7, 11) is 0. The number of nitrogens with two attached hydrogens (primary N) is 1. The van der Waals surface area contributed by atoms with Crippen molar-refractivity contribution in [2.45, 2.75) is 45.8 Å². The van der Waals surface area contributed by atoms with E-state index in [1.165, 1.54) is 5.56 Å². The van der Waals surface area contributed by atoms with Crippen LogP contribution in [0.3, 0.4) is 0 Å². The fraction of sp³-hybridized carbons (Fsp3) is 0.579. The van der Waals surface area contributed by atoms with E-state index in [1.54, 1.807) is 4.90 Å². The van der Waals surface area contributed by atoms with Crippen LogP contribution in [0.5, 0.6) is 0 Å². The van der Waals surface area contributed by atoms with Gasteiger partial charge in [-0.25, -0.2) is 4.79 Å². The average Bonchev–Trinajstić information content (AvgIpc) is 2.93. The smallest absolute Gasteiger partial charge is 0.410 e. The Morgan fingerprint density at radius 1 is 1.32 bits per heavy atom. The normalized spacial score (nSPS) is 20.6. The van der Waals surface area contributed by atoms with Gasteiger partial charge in [0, 0.05) is 31.7 Å². The zero-order valence-corrected chi connectivity index (χ0v) is 15.2. The van der Waals surface area contributed by atoms with Crippen LogP contribution in [0, 0.1) is 5.92 Å². The van der Waals surface area contributed by atoms with Crippen LogP contribution in [0.4, 0.5) is 10.5 Å². The van der Waals surface area contributed by atoms with Crippen LogP contribution in [0.15, 0.2) is 18.2 Å². The van der Waals surface area contributed by atoms with Crippen LogP contribution >= 0.6 is 0 Å². The van der Waals surface area contributed by atoms with Crippen molar-refractivity contribution in [1.82, 2.24) is 4.90 Å². The first-order chi connectivity index (χ1) is 11.8. The van der Waals surface area contributed by atoms with Gasteiger partial charge in [0.2, 0.25) is 5.91 Å². The molecule has 0 bridgehead atoms. The van der Waals surface area contributed by atoms with Gasteiger partial charge >= 0.3 is 6.09 Å². The van der Waals surface area contributed by atoms with E-state index >= 15 is 0 Å². The summed E-state index contributed by atoms with van der Waals surface area (Å²) < 4.78 is 5.46. The number of hydrogen-bond donors (Lipinski definition) is 1. The average molecular weight is 345 g/mol. The van der Waals surface area contributed by atoms with Crippen molar-refractivity contribution in [3.63, 3.8) is 0 Å². The minimum absolute atomic E-state index is 0.140. The molecule has 1 saturated heterocycles. The number of amides is 2. The second kappa shape index (κ2) is 6.67. The van der Waals surface area contributed by atoms with E-state index in [2.05, 4.69) is 6.07 Å². The van der Waals surface area contributed by atoms with Gasteiger partial charge in [-0.3, -0.25) is 4.79 Å². The second-order valence-electron chi connectivity index (χ2n) is 7.92. The van der Waals surface area contributed by atoms with Gasteiger partial charge in [0.25, 0.3) is 0 Å². The molecule has 0 aliphatic carbocycles. The molecule has 2 aliphatic rings. The Hall–Kier alpha value is -2.08. The highest BCUT2D eigenvalue weighted by Crippen LogP contribution is 2.29. The summed E-state index contributed by atoms with van der Waals surface area (Å²) >= 11 is 0. The number of carbonyl (C=O) groups is 2. The van der Waals surface area contributed by atoms with Gasteiger partial charge in [0.05, 0.1) is 0 Å². The maximum absolute atomic E-state index is 12.3. The molecule has 2 heterocycles. The van der Waals surface area contributed by atoms with E-state index in [9.17, 15) is 9.59 Å². The predicted molar refractivity (Wildman–Crippen MR) is 96.3 cm³/mol. The topological polar surface area (TPSA) is 75.9 Å². The molecule has 136 valence electrons. The number of anilines is 1. The predicted octanol–water partition coefficient (Wildman–Crippen LogP) is 2.29. The SMILES string of the molecule is CC(C)(C)OC(=O)N1CCc2cc(N3CC(CN)CC3=O)ccc2C1. The van der Waals surface area contributed by atoms with Crippen molar-refractivity contribution >= 4 is 17.7 Å². The molecule has 1 unspecified atom stereocenters. The molecule has 6 heteroatoms. The summed E-state index contributed by atoms with van der Waals surface area (Å²) in [6.07, 6.45) is 1.02. The van der Waals surface area contributed by atoms with E-state index in [0.717, 1.165) is 17.7 Å². The van der Waals surface area contributed by atoms with Crippen molar-refractivity contribution in [2.75, 3.05) is 24.5 Å². The van der Waals surface area contributed by atoms with Crippen LogP contribution in [0.1, 0.15) is 38.3 Å². The van der Waals surface area contributed by atoms with Crippen molar-refractivity contribution in [2.24, 2.45) is 11.7 Å². The lowest BCUT2D eigenvalue weighted by Crippen LogP contribution is -2.40. The number of hydrogen-bond acceptors (Lipinski definition) is 4. The molecule has 0 radical (unpaired) electrons. The zero-order valence-electron chi connectivity index (χ0n) is 15.2. The lowest BCUT2D eigenvalue weighted by atomic mass is 9.99. The second-order valence-corrected chi connectivity index (χ2v) is 7.92. The Balaban J connectivity index is 1.72. The molecule has 0 spiro atoms. The molecule has 1 atom stereocenters. The Kier molecular flexibility index (Phi) is 4.73. The third-order valence-corrected chi connectivity index (χ3v) is 4.70. The maximum Gasteiger partial charge on any atom is 0.410 e. The number of carbonyl (C=O) groups excluding carboxylic acids is 2. The van der Waals surface area contributed by atoms with Crippen molar-refractivity contribution in [3.8, 4) is 0 Å². The van der Waals surface area contributed by atoms with Crippen LogP contribution in [-0.4, -0.2) is 42.1 Å². The van der Waals surface area contributed by atoms with Crippen LogP contribution in [-0.2, 0) is 22.5 Å². The molecule has 3 rings (SSSR count). The molecule has 1 aromatic carbocycles. The molecular weight excluding hydrogens is 318 g/mol. The summed E-state index contributed by atoms with van der Waals surface area (Å²) in [5.41, 5.74) is 8.46. The largest absolute Gasteiger partial charge is 0.444 e. The fourth-order valence-corrected chi connectivity index (χ4v) is 3.38. The lowest BCUT2D eigenvalue weighted by Gasteiger charge is -2.31. The quantitative estimate of drug-likeness (QED) is 0.892. The monoisotopic (exact) mass is 345 g/mol. The minimum atomic E-state index is -0.489. The van der Waals surface area contributed by atoms with Crippen molar-refractivity contribution in [1.29, 1.82) is 0 Å². The first-order valence-electron chi connectivity index (χ1n) is 8.87. The van der Waals surface area contributed by atoms with E-state index < -0.39 is 5.60 Å². The van der Waals surface area contributed by atoms with Crippen molar-refractivity contribution in [3.05, 3.63) is 29.3 Å². The molecular formula is C19H27N3O3. The van der Waals surface area contributed by atoms with Gasteiger partial charge in [0.1, 0.15) is 5.60 Å². The zero-order chi connectivity index (χ0) is 18.2. The lowest BCUT2D eigenvalue weighted by molar-refractivity contribution is -0.117. The molecule has 25 heavy (non-hydrogen) atoms. The first-order valence-corrected chi connectivity index (χ1v) is 8.87. The molecule has 1 aromatic rings. The maximum atomic E-state index is 12.3. The van der Waals surface area contributed by atoms with E-state index in [-0.39, 0.29) is 17.9 Å². The Morgan fingerprint density at radius 2 is 2.08 bits per heavy atom. The van der Waals surface area contributed by atoms with Gasteiger partial charge in [-0.15, -0.1) is 0 Å². The highest BCUT2D eigenvalue weighted by molar-refractivity contribution is 5.95. The van der Waals surface area contributed by atoms with Gasteiger partial charge in [-0.05, 0) is 62.9 Å². The van der Waals surface area contributed by atoms with Gasteiger partial charge in [0.15, 0.2) is 0 Å². The molecule has 1 fully saturated rings. The highest BCUT2D eigenvalue weighted by atomic mass is 16.6. The number of rotatable bonds is 2. The Morgan fingerprint density at radius 3 is 2.72 bits per heavy atom. The summed E-state index contributed by atoms with van der Waals surface area (Å²) in [4.78, 5) is 28.0. The third-order valence-electron chi connectivity index (χ3n) is 4.70. The molecule has 0 saturated carbocycles. The first kappa shape index (κ1) is 17.7. The van der Waals surface area contributed by atoms with E-state index in [4.69, 9.17) is 10.5 Å². The molecule has 6 nitrogen and oxygen atoms in total. The molecule has 2 amide bonds. The minimum Gasteiger partial charge on any atom is -0.444 e. The fourth-order valence-electron chi connectivity index (χ4n) is 3.38. The number of fused-ring (bicyclic) bond motifs is 1. The van der Waals surface area contributed by atoms with Crippen molar-refractivity contribution < 1.29 is 14.3 Å². The molecule has 0 aromatic heterocycles. The summed E-state index contributed by atoms with van der Waals surface area (Å²) in [5, 5.41) is 0. The van der Waals surface area contributed by atoms with E-state index in [0.29, 0.717) is 32.6 Å². The van der Waals surface area contributed by atoms with Gasteiger partial charge in [-0.1, -0.05) is 6.07 Å². The van der Waals surface area contributed by atoms with Crippen LogP contribution in [0.2, 0.25) is 0 Å². The van der Waals surface area contributed by atoms with Gasteiger partial charge in [-0.2, -0.15) is 0 Å². The Bertz CT molecular complexity index is 681. The summed E-state index contributed by atoms with van der Waals surface area (Å²) in [5.74, 6) is 0.382. The van der Waals surface area contributed by atoms with Crippen LogP contribution in [0.25, 0.3) is 0 Å². The summed E-state index contributed by atoms with van der Waals surface area (Å²) in [6, 6.07) is 6.07. The number of nitrogens with zero attached hydrogens (tertiary/aromatic N) is 2. The van der Waals surface area contributed by atoms with Gasteiger partial charge < -0.3 is 20.3 Å². The highest BCUT2D eigenvalue weighted by Gasteiger charge is 2.31. The summed E-state index contributed by atoms with van der Waals surface area (Å²) in [6.45, 7) is 8.02. The standard InChI is InChI=1S/C19H27N3O3/c1-19(2,3)25-18(24)21-7-6-14-9-16(5-4-15(14)12-21)22-11-13(10-20)8-17(22)23/h4-5,9,13H,6-8,10-12,20H2,1-3H3. The number of benzene rings is 1. The third kappa shape index (κ3) is 3.95. The Labute approximate surface area is 148 Å². The van der Waals surface area contributed by atoms with Crippen LogP contribution < -0.4 is 10.6 Å². The number of ether oxygens (including phenoxy) is 1. The molecule has 2 N–H and O–H groups in total. The molecule has 2 aliphatic heterocycles.